The van der Waals surface area contributed by atoms with E-state index in [-0.39, 0.29) is 0 Å². The maximum Gasteiger partial charge on any atom is 0.303 e. The summed E-state index contributed by atoms with van der Waals surface area (Å²) in [6.07, 6.45) is 2.69. The number of anilines is 1. The van der Waals surface area contributed by atoms with Crippen molar-refractivity contribution in [2.24, 2.45) is 10.7 Å². The minimum absolute atomic E-state index is 0.316. The fourth-order valence-corrected chi connectivity index (χ4v) is 3.40. The van der Waals surface area contributed by atoms with Gasteiger partial charge in [-0.1, -0.05) is 53.2 Å². The normalized spacial score (nSPS) is 9.77. The van der Waals surface area contributed by atoms with Crippen LogP contribution in [0.15, 0.2) is 35.3 Å². The summed E-state index contributed by atoms with van der Waals surface area (Å²) in [6.45, 7) is 14.4. The maximum absolute atomic E-state index is 11.2. The number of carboxylic acid groups (broad SMARTS) is 1. The first-order valence-corrected chi connectivity index (χ1v) is 12.7. The Morgan fingerprint density at radius 1 is 1.17 bits per heavy atom. The highest BCUT2D eigenvalue weighted by molar-refractivity contribution is 7.17. The van der Waals surface area contributed by atoms with Gasteiger partial charge in [0, 0.05) is 20.0 Å². The predicted octanol–water partition coefficient (Wildman–Crippen LogP) is 5.90. The zero-order valence-electron chi connectivity index (χ0n) is 22.3. The number of unbranched alkanes of at least 4 members (excludes halogenated alkanes) is 1. The number of aliphatic carboxylic acids is 1. The Morgan fingerprint density at radius 2 is 1.80 bits per heavy atom. The number of hydrogen-bond donors (Lipinski definition) is 3. The topological polar surface area (TPSA) is 125 Å². The lowest BCUT2D eigenvalue weighted by Crippen LogP contribution is -2.17. The molecule has 2 amide bonds. The molecule has 0 fully saturated rings. The first-order valence-electron chi connectivity index (χ1n) is 11.9. The third kappa shape index (κ3) is 14.6. The Balaban J connectivity index is 0. The van der Waals surface area contributed by atoms with Crippen LogP contribution >= 0.6 is 11.3 Å². The highest BCUT2D eigenvalue weighted by Gasteiger charge is 2.10. The van der Waals surface area contributed by atoms with E-state index in [4.69, 9.17) is 10.8 Å². The Bertz CT molecular complexity index is 926. The number of benzene rings is 1. The lowest BCUT2D eigenvalue weighted by atomic mass is 10.1. The molecule has 196 valence electrons. The zero-order chi connectivity index (χ0) is 27.4. The molecular formula is C26H42N4O4S. The standard InChI is InChI=1S/C17H20N4O2S.C5H10O2.2C2H6/c1-11-8-13(4-5-14(11)20-12(2)19-10-22)9-21(3)16-7-6-15(24-16)17(18)23;1-2-3-4-5(6)7;2*1-2/h4-8,10H,9H2,1-3H3,(H2,18,23)(H,19,20,22);2-4H2,1H3,(H,6,7);2*1-2H3. The summed E-state index contributed by atoms with van der Waals surface area (Å²) in [7, 11) is 1.97. The molecule has 1 aromatic heterocycles. The van der Waals surface area contributed by atoms with Gasteiger partial charge < -0.3 is 21.1 Å². The number of rotatable bonds is 9. The summed E-state index contributed by atoms with van der Waals surface area (Å²) in [5.41, 5.74) is 8.26. The predicted molar refractivity (Wildman–Crippen MR) is 148 cm³/mol. The van der Waals surface area contributed by atoms with Crippen molar-refractivity contribution in [3.8, 4) is 0 Å². The Kier molecular flexibility index (Phi) is 19.6. The van der Waals surface area contributed by atoms with Crippen LogP contribution in [0, 0.1) is 6.92 Å². The van der Waals surface area contributed by atoms with Crippen LogP contribution in [-0.4, -0.2) is 36.3 Å². The second-order valence-electron chi connectivity index (χ2n) is 6.94. The van der Waals surface area contributed by atoms with E-state index in [1.54, 1.807) is 13.0 Å². The van der Waals surface area contributed by atoms with Crippen molar-refractivity contribution in [3.05, 3.63) is 46.3 Å². The van der Waals surface area contributed by atoms with Crippen molar-refractivity contribution in [2.45, 2.75) is 74.3 Å². The molecule has 0 atom stereocenters. The van der Waals surface area contributed by atoms with Gasteiger partial charge in [0.25, 0.3) is 5.91 Å². The van der Waals surface area contributed by atoms with E-state index in [0.29, 0.717) is 30.1 Å². The average Bonchev–Trinajstić information content (AvgIpc) is 3.34. The number of carboxylic acids is 1. The second-order valence-corrected chi connectivity index (χ2v) is 8.00. The number of carbonyl (C=O) groups is 3. The molecule has 0 aliphatic rings. The monoisotopic (exact) mass is 506 g/mol. The summed E-state index contributed by atoms with van der Waals surface area (Å²) < 4.78 is 0. The van der Waals surface area contributed by atoms with Gasteiger partial charge in [-0.05, 0) is 49.6 Å². The number of thiophene rings is 1. The van der Waals surface area contributed by atoms with Gasteiger partial charge in [-0.25, -0.2) is 4.99 Å². The van der Waals surface area contributed by atoms with Crippen molar-refractivity contribution in [1.29, 1.82) is 0 Å². The molecule has 35 heavy (non-hydrogen) atoms. The minimum Gasteiger partial charge on any atom is -0.481 e. The largest absolute Gasteiger partial charge is 0.481 e. The van der Waals surface area contributed by atoms with Crippen molar-refractivity contribution in [1.82, 2.24) is 5.32 Å². The first kappa shape index (κ1) is 34.0. The number of nitrogens with two attached hydrogens (primary N) is 1. The number of aryl methyl sites for hydroxylation is 1. The number of carbonyl (C=O) groups excluding carboxylic acids is 2. The molecule has 2 aromatic rings. The summed E-state index contributed by atoms with van der Waals surface area (Å²) in [6, 6.07) is 9.62. The third-order valence-electron chi connectivity index (χ3n) is 4.19. The maximum atomic E-state index is 11.2. The smallest absolute Gasteiger partial charge is 0.303 e. The van der Waals surface area contributed by atoms with Crippen LogP contribution in [0.4, 0.5) is 10.7 Å². The SMILES string of the molecule is CC.CC.CC(=Nc1ccc(CN(C)c2ccc(C(N)=O)s2)cc1C)NC=O.CCCCC(=O)O. The molecule has 4 N–H and O–H groups in total. The van der Waals surface area contributed by atoms with Crippen LogP contribution in [0.5, 0.6) is 0 Å². The van der Waals surface area contributed by atoms with Crippen molar-refractivity contribution in [3.63, 3.8) is 0 Å². The van der Waals surface area contributed by atoms with Crippen molar-refractivity contribution in [2.75, 3.05) is 11.9 Å². The minimum atomic E-state index is -0.693. The highest BCUT2D eigenvalue weighted by Crippen LogP contribution is 2.27. The number of amidine groups is 1. The molecular weight excluding hydrogens is 464 g/mol. The molecule has 0 saturated carbocycles. The van der Waals surface area contributed by atoms with E-state index in [9.17, 15) is 14.4 Å². The number of hydrogen-bond acceptors (Lipinski definition) is 6. The number of aliphatic imine (C=N–C) groups is 1. The molecule has 0 unspecified atom stereocenters. The average molecular weight is 507 g/mol. The van der Waals surface area contributed by atoms with Crippen molar-refractivity contribution >= 4 is 46.1 Å². The van der Waals surface area contributed by atoms with Gasteiger partial charge in [0.2, 0.25) is 6.41 Å². The highest BCUT2D eigenvalue weighted by atomic mass is 32.1. The van der Waals surface area contributed by atoms with Gasteiger partial charge in [0.15, 0.2) is 0 Å². The van der Waals surface area contributed by atoms with E-state index >= 15 is 0 Å². The van der Waals surface area contributed by atoms with E-state index in [1.165, 1.54) is 11.3 Å². The number of nitrogens with zero attached hydrogens (tertiary/aromatic N) is 2. The Labute approximate surface area is 214 Å². The molecule has 8 nitrogen and oxygen atoms in total. The molecule has 0 radical (unpaired) electrons. The fourth-order valence-electron chi connectivity index (χ4n) is 2.58. The van der Waals surface area contributed by atoms with Crippen LogP contribution in [0.25, 0.3) is 0 Å². The van der Waals surface area contributed by atoms with E-state index in [1.807, 2.05) is 66.8 Å². The van der Waals surface area contributed by atoms with Gasteiger partial charge in [-0.3, -0.25) is 14.4 Å². The van der Waals surface area contributed by atoms with E-state index in [2.05, 4.69) is 21.3 Å². The number of primary amides is 1. The van der Waals surface area contributed by atoms with E-state index < -0.39 is 11.9 Å². The zero-order valence-corrected chi connectivity index (χ0v) is 23.2. The first-order chi connectivity index (χ1) is 16.7. The van der Waals surface area contributed by atoms with Crippen LogP contribution in [-0.2, 0) is 16.1 Å². The molecule has 0 saturated heterocycles. The third-order valence-corrected chi connectivity index (χ3v) is 5.41. The molecule has 2 rings (SSSR count). The van der Waals surface area contributed by atoms with Gasteiger partial charge in [-0.15, -0.1) is 11.3 Å². The number of nitrogens with one attached hydrogen (secondary N) is 1. The van der Waals surface area contributed by atoms with Gasteiger partial charge >= 0.3 is 5.97 Å². The number of amides is 2. The summed E-state index contributed by atoms with van der Waals surface area (Å²) in [5, 5.41) is 11.6. The molecule has 0 spiro atoms. The molecule has 1 aromatic carbocycles. The second kappa shape index (κ2) is 20.2. The van der Waals surface area contributed by atoms with Gasteiger partial charge in [0.1, 0.15) is 5.84 Å². The summed E-state index contributed by atoms with van der Waals surface area (Å²) in [4.78, 5) is 38.3. The summed E-state index contributed by atoms with van der Waals surface area (Å²) >= 11 is 1.38. The fraction of sp³-hybridized carbons (Fsp3) is 0.462. The molecule has 0 aliphatic heterocycles. The van der Waals surface area contributed by atoms with Crippen LogP contribution in [0.3, 0.4) is 0 Å². The van der Waals surface area contributed by atoms with Crippen LogP contribution in [0.1, 0.15) is 81.6 Å². The molecule has 1 heterocycles. The molecule has 0 bridgehead atoms. The Hall–Kier alpha value is -3.20. The van der Waals surface area contributed by atoms with Crippen molar-refractivity contribution < 1.29 is 19.5 Å². The van der Waals surface area contributed by atoms with Gasteiger partial charge in [-0.2, -0.15) is 0 Å². The molecule has 0 aliphatic carbocycles. The Morgan fingerprint density at radius 3 is 2.23 bits per heavy atom. The van der Waals surface area contributed by atoms with Crippen LogP contribution < -0.4 is 16.0 Å². The van der Waals surface area contributed by atoms with E-state index in [0.717, 1.165) is 34.7 Å². The lowest BCUT2D eigenvalue weighted by molar-refractivity contribution is -0.137. The molecule has 9 heteroatoms. The van der Waals surface area contributed by atoms with Gasteiger partial charge in [0.05, 0.1) is 15.6 Å². The lowest BCUT2D eigenvalue weighted by Gasteiger charge is -2.17. The summed E-state index contributed by atoms with van der Waals surface area (Å²) in [5.74, 6) is -0.547. The quantitative estimate of drug-likeness (QED) is 0.222. The van der Waals surface area contributed by atoms with Crippen LogP contribution in [0.2, 0.25) is 0 Å².